The van der Waals surface area contributed by atoms with Crippen LogP contribution in [0.25, 0.3) is 106 Å². The Morgan fingerprint density at radius 3 is 1.64 bits per heavy atom. The standard InChI is InChI=1S/C51H32N4O/c1-3-14-34(15-4-1)49-52-50(35-16-5-2-6-17-35)54-51(53-49)43-21-8-7-18-38(43)36-28-31-46-44(32-36)40-19-9-11-24-45(40)55(46)37-29-26-33(27-30-37)39-22-13-23-42-41-20-10-12-25-47(41)56-48(39)42/h1-32H. The molecule has 0 spiro atoms. The van der Waals surface area contributed by atoms with E-state index in [0.29, 0.717) is 17.5 Å². The van der Waals surface area contributed by atoms with Crippen LogP contribution in [0.1, 0.15) is 0 Å². The highest BCUT2D eigenvalue weighted by Gasteiger charge is 2.18. The first-order valence-corrected chi connectivity index (χ1v) is 18.8. The zero-order valence-electron chi connectivity index (χ0n) is 30.2. The minimum Gasteiger partial charge on any atom is -0.455 e. The van der Waals surface area contributed by atoms with Gasteiger partial charge in [-0.05, 0) is 53.1 Å². The van der Waals surface area contributed by atoms with E-state index >= 15 is 0 Å². The molecule has 11 rings (SSSR count). The fraction of sp³-hybridized carbons (Fsp3) is 0. The lowest BCUT2D eigenvalue weighted by Gasteiger charge is -2.13. The Labute approximate surface area is 322 Å². The van der Waals surface area contributed by atoms with Gasteiger partial charge in [0.05, 0.1) is 11.0 Å². The third kappa shape index (κ3) is 5.29. The van der Waals surface area contributed by atoms with E-state index in [4.69, 9.17) is 19.4 Å². The van der Waals surface area contributed by atoms with Crippen LogP contribution in [0.2, 0.25) is 0 Å². The Kier molecular flexibility index (Phi) is 7.42. The van der Waals surface area contributed by atoms with Crippen LogP contribution >= 0.6 is 0 Å². The van der Waals surface area contributed by atoms with Gasteiger partial charge in [-0.15, -0.1) is 0 Å². The van der Waals surface area contributed by atoms with Crippen LogP contribution in [0.15, 0.2) is 199 Å². The Morgan fingerprint density at radius 1 is 0.339 bits per heavy atom. The molecule has 5 nitrogen and oxygen atoms in total. The summed E-state index contributed by atoms with van der Waals surface area (Å²) in [4.78, 5) is 15.1. The van der Waals surface area contributed by atoms with Crippen LogP contribution in [0.5, 0.6) is 0 Å². The van der Waals surface area contributed by atoms with Crippen molar-refractivity contribution in [1.82, 2.24) is 19.5 Å². The van der Waals surface area contributed by atoms with Gasteiger partial charge in [0.2, 0.25) is 0 Å². The summed E-state index contributed by atoms with van der Waals surface area (Å²) in [5.41, 5.74) is 12.4. The Hall–Kier alpha value is -7.63. The van der Waals surface area contributed by atoms with Gasteiger partial charge in [0.25, 0.3) is 0 Å². The molecule has 3 heterocycles. The Balaban J connectivity index is 1.03. The maximum atomic E-state index is 6.38. The third-order valence-electron chi connectivity index (χ3n) is 10.7. The highest BCUT2D eigenvalue weighted by Crippen LogP contribution is 2.40. The molecule has 0 saturated heterocycles. The van der Waals surface area contributed by atoms with Crippen molar-refractivity contribution >= 4 is 43.7 Å². The SMILES string of the molecule is c1ccc(-c2nc(-c3ccccc3)nc(-c3ccccc3-c3ccc4c(c3)c3ccccc3n4-c3ccc(-c4cccc5c4oc4ccccc45)cc3)n2)cc1. The molecule has 0 N–H and O–H groups in total. The number of benzene rings is 8. The molecule has 0 fully saturated rings. The largest absolute Gasteiger partial charge is 0.455 e. The summed E-state index contributed by atoms with van der Waals surface area (Å²) in [6, 6.07) is 67.5. The highest BCUT2D eigenvalue weighted by atomic mass is 16.3. The van der Waals surface area contributed by atoms with Gasteiger partial charge in [-0.2, -0.15) is 0 Å². The van der Waals surface area contributed by atoms with Gasteiger partial charge in [-0.1, -0.05) is 158 Å². The molecule has 0 atom stereocenters. The van der Waals surface area contributed by atoms with Gasteiger partial charge in [-0.25, -0.2) is 15.0 Å². The lowest BCUT2D eigenvalue weighted by molar-refractivity contribution is 0.670. The smallest absolute Gasteiger partial charge is 0.164 e. The number of aromatic nitrogens is 4. The Bertz CT molecular complexity index is 3180. The number of hydrogen-bond acceptors (Lipinski definition) is 4. The van der Waals surface area contributed by atoms with E-state index in [9.17, 15) is 0 Å². The molecule has 0 unspecified atom stereocenters. The normalized spacial score (nSPS) is 11.6. The maximum absolute atomic E-state index is 6.38. The van der Waals surface area contributed by atoms with Crippen molar-refractivity contribution in [2.45, 2.75) is 0 Å². The summed E-state index contributed by atoms with van der Waals surface area (Å²) in [5, 5.41) is 4.63. The van der Waals surface area contributed by atoms with Crippen LogP contribution < -0.4 is 0 Å². The lowest BCUT2D eigenvalue weighted by atomic mass is 9.97. The highest BCUT2D eigenvalue weighted by molar-refractivity contribution is 6.11. The van der Waals surface area contributed by atoms with E-state index in [1.165, 1.54) is 10.8 Å². The van der Waals surface area contributed by atoms with Crippen LogP contribution in [0, 0.1) is 0 Å². The molecule has 0 aliphatic carbocycles. The minimum atomic E-state index is 0.634. The molecule has 0 bridgehead atoms. The number of hydrogen-bond donors (Lipinski definition) is 0. The molecule has 11 aromatic rings. The van der Waals surface area contributed by atoms with Crippen molar-refractivity contribution in [3.8, 4) is 62.1 Å². The third-order valence-corrected chi connectivity index (χ3v) is 10.7. The van der Waals surface area contributed by atoms with Gasteiger partial charge in [0.1, 0.15) is 11.2 Å². The molecule has 8 aromatic carbocycles. The average molecular weight is 717 g/mol. The summed E-state index contributed by atoms with van der Waals surface area (Å²) in [6.07, 6.45) is 0. The van der Waals surface area contributed by atoms with E-state index in [2.05, 4.69) is 126 Å². The molecule has 0 aliphatic heterocycles. The molecule has 0 radical (unpaired) electrons. The average Bonchev–Trinajstić information content (AvgIpc) is 3.83. The monoisotopic (exact) mass is 716 g/mol. The van der Waals surface area contributed by atoms with Crippen molar-refractivity contribution < 1.29 is 4.42 Å². The molecular formula is C51H32N4O. The summed E-state index contributed by atoms with van der Waals surface area (Å²) < 4.78 is 8.73. The van der Waals surface area contributed by atoms with Gasteiger partial charge in [-0.3, -0.25) is 0 Å². The number of rotatable bonds is 6. The summed E-state index contributed by atoms with van der Waals surface area (Å²) in [7, 11) is 0. The maximum Gasteiger partial charge on any atom is 0.164 e. The predicted molar refractivity (Wildman–Crippen MR) is 229 cm³/mol. The molecule has 0 amide bonds. The predicted octanol–water partition coefficient (Wildman–Crippen LogP) is 13.2. The number of para-hydroxylation sites is 3. The number of nitrogens with zero attached hydrogens (tertiary/aromatic N) is 4. The van der Waals surface area contributed by atoms with Crippen LogP contribution in [0.3, 0.4) is 0 Å². The second kappa shape index (κ2) is 13.0. The zero-order valence-corrected chi connectivity index (χ0v) is 30.2. The van der Waals surface area contributed by atoms with Crippen molar-refractivity contribution in [1.29, 1.82) is 0 Å². The second-order valence-corrected chi connectivity index (χ2v) is 14.0. The molecule has 3 aromatic heterocycles. The minimum absolute atomic E-state index is 0.634. The van der Waals surface area contributed by atoms with Gasteiger partial charge >= 0.3 is 0 Å². The number of fused-ring (bicyclic) bond motifs is 6. The topological polar surface area (TPSA) is 56.7 Å². The first kappa shape index (κ1) is 31.9. The summed E-state index contributed by atoms with van der Waals surface area (Å²) in [6.45, 7) is 0. The molecule has 5 heteroatoms. The lowest BCUT2D eigenvalue weighted by Crippen LogP contribution is -2.01. The van der Waals surface area contributed by atoms with Crippen LogP contribution in [-0.2, 0) is 0 Å². The van der Waals surface area contributed by atoms with Crippen molar-refractivity contribution in [2.24, 2.45) is 0 Å². The van der Waals surface area contributed by atoms with Crippen molar-refractivity contribution in [2.75, 3.05) is 0 Å². The summed E-state index contributed by atoms with van der Waals surface area (Å²) in [5.74, 6) is 1.92. The van der Waals surface area contributed by atoms with Crippen LogP contribution in [0.4, 0.5) is 0 Å². The molecular weight excluding hydrogens is 685 g/mol. The van der Waals surface area contributed by atoms with Gasteiger partial charge < -0.3 is 8.98 Å². The van der Waals surface area contributed by atoms with E-state index in [0.717, 1.165) is 77.6 Å². The van der Waals surface area contributed by atoms with E-state index in [-0.39, 0.29) is 0 Å². The fourth-order valence-electron chi connectivity index (χ4n) is 8.04. The first-order chi connectivity index (χ1) is 27.8. The van der Waals surface area contributed by atoms with Crippen LogP contribution in [-0.4, -0.2) is 19.5 Å². The second-order valence-electron chi connectivity index (χ2n) is 14.0. The molecule has 56 heavy (non-hydrogen) atoms. The fourth-order valence-corrected chi connectivity index (χ4v) is 8.04. The van der Waals surface area contributed by atoms with E-state index in [1.807, 2.05) is 72.8 Å². The zero-order chi connectivity index (χ0) is 37.0. The first-order valence-electron chi connectivity index (χ1n) is 18.8. The van der Waals surface area contributed by atoms with E-state index < -0.39 is 0 Å². The quantitative estimate of drug-likeness (QED) is 0.172. The van der Waals surface area contributed by atoms with E-state index in [1.54, 1.807) is 0 Å². The van der Waals surface area contributed by atoms with Gasteiger partial charge in [0.15, 0.2) is 17.5 Å². The summed E-state index contributed by atoms with van der Waals surface area (Å²) >= 11 is 0. The number of furan rings is 1. The van der Waals surface area contributed by atoms with Gasteiger partial charge in [0, 0.05) is 49.5 Å². The Morgan fingerprint density at radius 2 is 0.893 bits per heavy atom. The van der Waals surface area contributed by atoms with Crippen molar-refractivity contribution in [3.63, 3.8) is 0 Å². The molecule has 0 aliphatic rings. The molecule has 262 valence electrons. The van der Waals surface area contributed by atoms with Crippen molar-refractivity contribution in [3.05, 3.63) is 194 Å². The molecule has 0 saturated carbocycles.